The predicted molar refractivity (Wildman–Crippen MR) is 121 cm³/mol. The molecule has 8 heteroatoms. The molecule has 1 aromatic heterocycles. The molecule has 0 saturated carbocycles. The number of aliphatic hydroxyl groups excluding tert-OH is 1. The Hall–Kier alpha value is -3.09. The van der Waals surface area contributed by atoms with Crippen LogP contribution in [0.1, 0.15) is 5.56 Å². The summed E-state index contributed by atoms with van der Waals surface area (Å²) in [7, 11) is 0. The van der Waals surface area contributed by atoms with Crippen LogP contribution in [-0.4, -0.2) is 74.0 Å². The molecule has 0 radical (unpaired) electrons. The van der Waals surface area contributed by atoms with Crippen LogP contribution in [0.5, 0.6) is 5.88 Å². The van der Waals surface area contributed by atoms with Gasteiger partial charge < -0.3 is 33.9 Å². The van der Waals surface area contributed by atoms with Gasteiger partial charge in [-0.25, -0.2) is 0 Å². The number of aliphatic hydroxyl groups is 1. The molecule has 8 nitrogen and oxygen atoms in total. The van der Waals surface area contributed by atoms with Crippen molar-refractivity contribution in [2.24, 2.45) is 0 Å². The predicted octanol–water partition coefficient (Wildman–Crippen LogP) is 2.45. The van der Waals surface area contributed by atoms with Crippen LogP contribution >= 0.6 is 0 Å². The number of H-pyrrole nitrogens is 1. The van der Waals surface area contributed by atoms with Crippen molar-refractivity contribution < 1.29 is 24.1 Å². The van der Waals surface area contributed by atoms with Crippen molar-refractivity contribution in [2.75, 3.05) is 44.4 Å². The lowest BCUT2D eigenvalue weighted by Gasteiger charge is -2.28. The van der Waals surface area contributed by atoms with E-state index in [1.807, 2.05) is 18.2 Å². The van der Waals surface area contributed by atoms with Gasteiger partial charge in [0, 0.05) is 29.7 Å². The van der Waals surface area contributed by atoms with Gasteiger partial charge in [0.2, 0.25) is 5.88 Å². The molecule has 33 heavy (non-hydrogen) atoms. The number of nitriles is 1. The summed E-state index contributed by atoms with van der Waals surface area (Å²) in [5.41, 5.74) is 4.60. The number of benzene rings is 2. The Labute approximate surface area is 191 Å². The van der Waals surface area contributed by atoms with E-state index in [0.717, 1.165) is 48.3 Å². The van der Waals surface area contributed by atoms with Crippen LogP contribution in [0.4, 0.5) is 5.69 Å². The molecule has 4 atom stereocenters. The van der Waals surface area contributed by atoms with E-state index in [1.165, 1.54) is 5.69 Å². The van der Waals surface area contributed by atoms with Crippen molar-refractivity contribution in [3.63, 3.8) is 0 Å². The second-order valence-electron chi connectivity index (χ2n) is 8.67. The highest BCUT2D eigenvalue weighted by atomic mass is 16.6. The molecular formula is C25H25N3O5. The summed E-state index contributed by atoms with van der Waals surface area (Å²) in [5, 5.41) is 20.6. The molecule has 0 bridgehead atoms. The average Bonchev–Trinajstić information content (AvgIpc) is 3.54. The molecule has 4 heterocycles. The Morgan fingerprint density at radius 3 is 2.55 bits per heavy atom. The van der Waals surface area contributed by atoms with Gasteiger partial charge in [0.15, 0.2) is 6.10 Å². The minimum absolute atomic E-state index is 0.237. The van der Waals surface area contributed by atoms with E-state index in [0.29, 0.717) is 18.1 Å². The second kappa shape index (κ2) is 8.36. The Kier molecular flexibility index (Phi) is 5.19. The van der Waals surface area contributed by atoms with Crippen LogP contribution in [0.25, 0.3) is 22.0 Å². The summed E-state index contributed by atoms with van der Waals surface area (Å²) in [6, 6.07) is 16.8. The highest BCUT2D eigenvalue weighted by Crippen LogP contribution is 2.35. The number of anilines is 1. The summed E-state index contributed by atoms with van der Waals surface area (Å²) in [6.45, 7) is 3.87. The van der Waals surface area contributed by atoms with E-state index in [-0.39, 0.29) is 24.9 Å². The smallest absolute Gasteiger partial charge is 0.210 e. The summed E-state index contributed by atoms with van der Waals surface area (Å²) in [6.07, 6.45) is -1.73. The number of ether oxygens (including phenoxy) is 4. The molecule has 3 aromatic rings. The maximum absolute atomic E-state index is 9.95. The summed E-state index contributed by atoms with van der Waals surface area (Å²) in [5.74, 6) is 0.409. The van der Waals surface area contributed by atoms with Crippen LogP contribution < -0.4 is 9.64 Å². The first-order valence-corrected chi connectivity index (χ1v) is 11.3. The second-order valence-corrected chi connectivity index (χ2v) is 8.67. The zero-order chi connectivity index (χ0) is 22.4. The fraction of sp³-hybridized carbons (Fsp3) is 0.400. The molecule has 0 amide bonds. The number of hydrogen-bond donors (Lipinski definition) is 2. The van der Waals surface area contributed by atoms with E-state index in [2.05, 4.69) is 40.2 Å². The average molecular weight is 447 g/mol. The molecule has 2 aromatic carbocycles. The maximum Gasteiger partial charge on any atom is 0.210 e. The topological polar surface area (TPSA) is 100.0 Å². The Morgan fingerprint density at radius 2 is 1.76 bits per heavy atom. The lowest BCUT2D eigenvalue weighted by atomic mass is 10.0. The third-order valence-corrected chi connectivity index (χ3v) is 6.70. The van der Waals surface area contributed by atoms with Crippen molar-refractivity contribution in [2.45, 2.75) is 24.4 Å². The number of fused-ring (bicyclic) bond motifs is 2. The molecule has 2 N–H and O–H groups in total. The fourth-order valence-electron chi connectivity index (χ4n) is 4.93. The summed E-state index contributed by atoms with van der Waals surface area (Å²) >= 11 is 0. The zero-order valence-corrected chi connectivity index (χ0v) is 18.1. The number of aromatic nitrogens is 1. The van der Waals surface area contributed by atoms with Crippen molar-refractivity contribution in [3.8, 4) is 23.1 Å². The van der Waals surface area contributed by atoms with Gasteiger partial charge in [0.05, 0.1) is 26.4 Å². The minimum Gasteiger partial charge on any atom is -0.469 e. The largest absolute Gasteiger partial charge is 0.469 e. The van der Waals surface area contributed by atoms with Crippen molar-refractivity contribution >= 4 is 16.6 Å². The van der Waals surface area contributed by atoms with E-state index < -0.39 is 6.10 Å². The van der Waals surface area contributed by atoms with Crippen LogP contribution in [-0.2, 0) is 14.2 Å². The number of morpholine rings is 1. The molecule has 6 rings (SSSR count). The summed E-state index contributed by atoms with van der Waals surface area (Å²) < 4.78 is 22.8. The standard InChI is InChI=1S/C25H25N3O5/c26-12-19-18-11-16(15-1-4-17(5-2-15)28-7-9-30-10-8-28)3-6-20(18)27-25(19)33-22-14-32-23-21(29)13-31-24(22)23/h1-6,11,21-24,27,29H,7-10,13-14H2/t21-,22-,23?,24-/m1/s1. The van der Waals surface area contributed by atoms with E-state index in [4.69, 9.17) is 18.9 Å². The van der Waals surface area contributed by atoms with Gasteiger partial charge in [-0.15, -0.1) is 0 Å². The number of aromatic amines is 1. The normalized spacial score (nSPS) is 27.0. The quantitative estimate of drug-likeness (QED) is 0.634. The Bertz CT molecular complexity index is 1200. The van der Waals surface area contributed by atoms with Gasteiger partial charge in [0.1, 0.15) is 29.9 Å². The molecule has 3 aliphatic heterocycles. The Balaban J connectivity index is 1.26. The first kappa shape index (κ1) is 20.5. The molecule has 3 fully saturated rings. The minimum atomic E-state index is -0.640. The molecule has 0 aliphatic carbocycles. The van der Waals surface area contributed by atoms with Crippen LogP contribution in [0.3, 0.4) is 0 Å². The number of nitrogens with zero attached hydrogens (tertiary/aromatic N) is 2. The van der Waals surface area contributed by atoms with Gasteiger partial charge in [0.25, 0.3) is 0 Å². The van der Waals surface area contributed by atoms with Gasteiger partial charge >= 0.3 is 0 Å². The molecule has 3 saturated heterocycles. The van der Waals surface area contributed by atoms with Gasteiger partial charge in [-0.05, 0) is 35.4 Å². The third kappa shape index (κ3) is 3.63. The highest BCUT2D eigenvalue weighted by Gasteiger charge is 2.48. The molecule has 1 unspecified atom stereocenters. The van der Waals surface area contributed by atoms with Crippen molar-refractivity contribution in [1.82, 2.24) is 4.98 Å². The lowest BCUT2D eigenvalue weighted by Crippen LogP contribution is -2.36. The number of rotatable bonds is 4. The highest BCUT2D eigenvalue weighted by molar-refractivity contribution is 5.92. The monoisotopic (exact) mass is 447 g/mol. The van der Waals surface area contributed by atoms with E-state index in [1.54, 1.807) is 0 Å². The summed E-state index contributed by atoms with van der Waals surface area (Å²) in [4.78, 5) is 5.55. The number of nitrogens with one attached hydrogen (secondary N) is 1. The molecule has 170 valence electrons. The zero-order valence-electron chi connectivity index (χ0n) is 18.1. The van der Waals surface area contributed by atoms with Gasteiger partial charge in [-0.1, -0.05) is 18.2 Å². The lowest BCUT2D eigenvalue weighted by molar-refractivity contribution is 0.00789. The van der Waals surface area contributed by atoms with Crippen LogP contribution in [0.2, 0.25) is 0 Å². The first-order valence-electron chi connectivity index (χ1n) is 11.3. The van der Waals surface area contributed by atoms with Crippen molar-refractivity contribution in [1.29, 1.82) is 5.26 Å². The van der Waals surface area contributed by atoms with Crippen LogP contribution in [0.15, 0.2) is 42.5 Å². The van der Waals surface area contributed by atoms with E-state index >= 15 is 0 Å². The van der Waals surface area contributed by atoms with Crippen molar-refractivity contribution in [3.05, 3.63) is 48.0 Å². The maximum atomic E-state index is 9.95. The third-order valence-electron chi connectivity index (χ3n) is 6.70. The Morgan fingerprint density at radius 1 is 1.00 bits per heavy atom. The molecular weight excluding hydrogens is 422 g/mol. The SMILES string of the molecule is N#Cc1c(O[C@@H]2COC3[C@H](O)CO[C@@H]32)[nH]c2ccc(-c3ccc(N4CCOCC4)cc3)cc12. The molecule has 0 spiro atoms. The first-order chi connectivity index (χ1) is 16.2. The van der Waals surface area contributed by atoms with E-state index in [9.17, 15) is 10.4 Å². The van der Waals surface area contributed by atoms with Gasteiger partial charge in [-0.2, -0.15) is 5.26 Å². The van der Waals surface area contributed by atoms with Crippen LogP contribution in [0, 0.1) is 11.3 Å². The fourth-order valence-corrected chi connectivity index (χ4v) is 4.93. The molecule has 3 aliphatic rings. The van der Waals surface area contributed by atoms with Gasteiger partial charge in [-0.3, -0.25) is 0 Å². The number of hydrogen-bond acceptors (Lipinski definition) is 7.